The minimum Gasteiger partial charge on any atom is -0.497 e. The van der Waals surface area contributed by atoms with Gasteiger partial charge in [0.2, 0.25) is 0 Å². The van der Waals surface area contributed by atoms with Crippen LogP contribution >= 0.6 is 0 Å². The Morgan fingerprint density at radius 2 is 2.13 bits per heavy atom. The minimum atomic E-state index is -4.50. The number of benzene rings is 1. The van der Waals surface area contributed by atoms with E-state index >= 15 is 0 Å². The summed E-state index contributed by atoms with van der Waals surface area (Å²) in [6.07, 6.45) is -2.25. The van der Waals surface area contributed by atoms with E-state index in [2.05, 4.69) is 20.6 Å². The Kier molecular flexibility index (Phi) is 6.63. The summed E-state index contributed by atoms with van der Waals surface area (Å²) < 4.78 is 58.9. The van der Waals surface area contributed by atoms with Gasteiger partial charge < -0.3 is 20.3 Å². The van der Waals surface area contributed by atoms with Gasteiger partial charge in [-0.3, -0.25) is 4.99 Å². The number of hydrogen-bond donors (Lipinski definition) is 2. The van der Waals surface area contributed by atoms with Crippen LogP contribution in [0, 0.1) is 5.82 Å². The third-order valence-electron chi connectivity index (χ3n) is 4.86. The van der Waals surface area contributed by atoms with Crippen molar-refractivity contribution in [1.29, 1.82) is 0 Å². The number of nitrogens with one attached hydrogen (secondary N) is 2. The number of hydrogen-bond acceptors (Lipinski definition) is 4. The molecule has 0 amide bonds. The lowest BCUT2D eigenvalue weighted by molar-refractivity contribution is -0.138. The van der Waals surface area contributed by atoms with Gasteiger partial charge in [-0.25, -0.2) is 9.37 Å². The first-order chi connectivity index (χ1) is 14.3. The van der Waals surface area contributed by atoms with Crippen LogP contribution in [-0.2, 0) is 12.7 Å². The molecular formula is C20H23F4N5O. The van der Waals surface area contributed by atoms with E-state index in [1.807, 2.05) is 4.90 Å². The number of pyridine rings is 1. The molecule has 1 aromatic carbocycles. The maximum atomic E-state index is 13.9. The van der Waals surface area contributed by atoms with Gasteiger partial charge in [0.15, 0.2) is 17.6 Å². The molecule has 2 heterocycles. The van der Waals surface area contributed by atoms with Crippen molar-refractivity contribution in [2.45, 2.75) is 25.2 Å². The maximum absolute atomic E-state index is 13.9. The molecule has 0 saturated carbocycles. The smallest absolute Gasteiger partial charge is 0.416 e. The minimum absolute atomic E-state index is 0.0458. The Morgan fingerprint density at radius 1 is 1.33 bits per heavy atom. The van der Waals surface area contributed by atoms with E-state index in [4.69, 9.17) is 4.74 Å². The Balaban J connectivity index is 1.62. The molecule has 1 saturated heterocycles. The molecule has 3 rings (SSSR count). The Labute approximate surface area is 172 Å². The number of alkyl halides is 3. The molecule has 1 atom stereocenters. The molecule has 6 nitrogen and oxygen atoms in total. The molecule has 1 aliphatic heterocycles. The monoisotopic (exact) mass is 425 g/mol. The fourth-order valence-electron chi connectivity index (χ4n) is 3.35. The zero-order chi connectivity index (χ0) is 21.7. The summed E-state index contributed by atoms with van der Waals surface area (Å²) in [7, 11) is 2.86. The summed E-state index contributed by atoms with van der Waals surface area (Å²) in [6.45, 7) is 1.05. The van der Waals surface area contributed by atoms with E-state index in [9.17, 15) is 17.6 Å². The number of methoxy groups -OCH3 is 1. The predicted molar refractivity (Wildman–Crippen MR) is 106 cm³/mol. The third-order valence-corrected chi connectivity index (χ3v) is 4.86. The summed E-state index contributed by atoms with van der Waals surface area (Å²) >= 11 is 0. The molecule has 1 unspecified atom stereocenters. The lowest BCUT2D eigenvalue weighted by Crippen LogP contribution is -2.44. The van der Waals surface area contributed by atoms with Gasteiger partial charge in [-0.2, -0.15) is 13.2 Å². The summed E-state index contributed by atoms with van der Waals surface area (Å²) in [6, 6.07) is 6.68. The highest BCUT2D eigenvalue weighted by molar-refractivity contribution is 5.80. The van der Waals surface area contributed by atoms with Gasteiger partial charge >= 0.3 is 6.18 Å². The molecule has 10 heteroatoms. The SMILES string of the molecule is CN=C(NCc1ccc(OC)cc1C(F)(F)F)NC1CCN(c2ncccc2F)C1. The van der Waals surface area contributed by atoms with Crippen molar-refractivity contribution in [3.8, 4) is 5.75 Å². The maximum Gasteiger partial charge on any atom is 0.416 e. The number of ether oxygens (including phenoxy) is 1. The molecule has 0 aliphatic carbocycles. The molecule has 2 aromatic rings. The number of halogens is 4. The molecule has 0 radical (unpaired) electrons. The topological polar surface area (TPSA) is 61.8 Å². The van der Waals surface area contributed by atoms with Crippen molar-refractivity contribution < 1.29 is 22.3 Å². The van der Waals surface area contributed by atoms with Gasteiger partial charge in [-0.05, 0) is 36.2 Å². The molecule has 0 bridgehead atoms. The zero-order valence-corrected chi connectivity index (χ0v) is 16.6. The van der Waals surface area contributed by atoms with Crippen molar-refractivity contribution in [2.75, 3.05) is 32.1 Å². The first kappa shape index (κ1) is 21.7. The second-order valence-electron chi connectivity index (χ2n) is 6.83. The fourth-order valence-corrected chi connectivity index (χ4v) is 3.35. The molecule has 162 valence electrons. The summed E-state index contributed by atoms with van der Waals surface area (Å²) in [5.74, 6) is 0.409. The first-order valence-electron chi connectivity index (χ1n) is 9.38. The second-order valence-corrected chi connectivity index (χ2v) is 6.83. The number of anilines is 1. The van der Waals surface area contributed by atoms with Gasteiger partial charge in [-0.15, -0.1) is 0 Å². The van der Waals surface area contributed by atoms with Crippen LogP contribution in [0.1, 0.15) is 17.5 Å². The highest BCUT2D eigenvalue weighted by Crippen LogP contribution is 2.34. The normalized spacial score (nSPS) is 17.2. The van der Waals surface area contributed by atoms with Crippen molar-refractivity contribution >= 4 is 11.8 Å². The second kappa shape index (κ2) is 9.19. The van der Waals surface area contributed by atoms with Crippen LogP contribution in [0.2, 0.25) is 0 Å². The van der Waals surface area contributed by atoms with Crippen molar-refractivity contribution in [1.82, 2.24) is 15.6 Å². The van der Waals surface area contributed by atoms with E-state index in [-0.39, 0.29) is 35.5 Å². The van der Waals surface area contributed by atoms with E-state index in [0.29, 0.717) is 25.5 Å². The first-order valence-corrected chi connectivity index (χ1v) is 9.38. The molecular weight excluding hydrogens is 402 g/mol. The number of aliphatic imine (C=N–C) groups is 1. The van der Waals surface area contributed by atoms with Crippen LogP contribution in [-0.4, -0.2) is 44.2 Å². The average Bonchev–Trinajstić information content (AvgIpc) is 3.19. The third kappa shape index (κ3) is 5.11. The predicted octanol–water partition coefficient (Wildman–Crippen LogP) is 3.19. The molecule has 1 aromatic heterocycles. The Bertz CT molecular complexity index is 903. The van der Waals surface area contributed by atoms with Gasteiger partial charge in [-0.1, -0.05) is 6.07 Å². The lowest BCUT2D eigenvalue weighted by atomic mass is 10.1. The van der Waals surface area contributed by atoms with E-state index in [1.165, 1.54) is 37.6 Å². The number of aromatic nitrogens is 1. The average molecular weight is 425 g/mol. The van der Waals surface area contributed by atoms with Crippen molar-refractivity contribution in [3.63, 3.8) is 0 Å². The zero-order valence-electron chi connectivity index (χ0n) is 16.6. The summed E-state index contributed by atoms with van der Waals surface area (Å²) in [4.78, 5) is 9.99. The van der Waals surface area contributed by atoms with E-state index in [1.54, 1.807) is 7.05 Å². The van der Waals surface area contributed by atoms with E-state index < -0.39 is 11.7 Å². The standard InChI is InChI=1S/C20H23F4N5O/c1-25-19(27-11-13-5-6-15(30-2)10-16(13)20(22,23)24)28-14-7-9-29(12-14)18-17(21)4-3-8-26-18/h3-6,8,10,14H,7,9,11-12H2,1-2H3,(H2,25,27,28). The number of guanidine groups is 1. The van der Waals surface area contributed by atoms with Gasteiger partial charge in [0.1, 0.15) is 5.75 Å². The fraction of sp³-hybridized carbons (Fsp3) is 0.400. The molecule has 0 spiro atoms. The van der Waals surface area contributed by atoms with Gasteiger partial charge in [0.05, 0.1) is 12.7 Å². The van der Waals surface area contributed by atoms with Crippen LogP contribution in [0.3, 0.4) is 0 Å². The van der Waals surface area contributed by atoms with Crippen molar-refractivity contribution in [2.24, 2.45) is 4.99 Å². The lowest BCUT2D eigenvalue weighted by Gasteiger charge is -2.20. The van der Waals surface area contributed by atoms with Crippen LogP contribution < -0.4 is 20.3 Å². The van der Waals surface area contributed by atoms with Gasteiger partial charge in [0, 0.05) is 38.9 Å². The summed E-state index contributed by atoms with van der Waals surface area (Å²) in [5.41, 5.74) is -0.683. The Morgan fingerprint density at radius 3 is 2.80 bits per heavy atom. The highest BCUT2D eigenvalue weighted by Gasteiger charge is 2.34. The van der Waals surface area contributed by atoms with Crippen LogP contribution in [0.25, 0.3) is 0 Å². The van der Waals surface area contributed by atoms with Crippen LogP contribution in [0.4, 0.5) is 23.4 Å². The van der Waals surface area contributed by atoms with E-state index in [0.717, 1.165) is 6.07 Å². The van der Waals surface area contributed by atoms with Gasteiger partial charge in [0.25, 0.3) is 0 Å². The largest absolute Gasteiger partial charge is 0.497 e. The summed E-state index contributed by atoms with van der Waals surface area (Å²) in [5, 5.41) is 6.10. The molecule has 2 N–H and O–H groups in total. The molecule has 1 aliphatic rings. The van der Waals surface area contributed by atoms with Crippen LogP contribution in [0.15, 0.2) is 41.5 Å². The number of rotatable bonds is 5. The molecule has 30 heavy (non-hydrogen) atoms. The quantitative estimate of drug-likeness (QED) is 0.438. The highest BCUT2D eigenvalue weighted by atomic mass is 19.4. The van der Waals surface area contributed by atoms with Crippen molar-refractivity contribution in [3.05, 3.63) is 53.5 Å². The molecule has 1 fully saturated rings. The Hall–Kier alpha value is -3.04. The van der Waals surface area contributed by atoms with Crippen LogP contribution in [0.5, 0.6) is 5.75 Å². The number of nitrogens with zero attached hydrogens (tertiary/aromatic N) is 3.